The molecule has 106 valence electrons. The molecule has 0 radical (unpaired) electrons. The number of para-hydroxylation sites is 1. The van der Waals surface area contributed by atoms with Crippen LogP contribution in [0.1, 0.15) is 24.8 Å². The van der Waals surface area contributed by atoms with Gasteiger partial charge >= 0.3 is 0 Å². The largest absolute Gasteiger partial charge is 0.316 e. The second-order valence-corrected chi connectivity index (χ2v) is 5.42. The molecule has 0 saturated heterocycles. The zero-order valence-electron chi connectivity index (χ0n) is 11.4. The molecule has 0 atom stereocenters. The summed E-state index contributed by atoms with van der Waals surface area (Å²) in [5.74, 6) is 1.23. The number of nitrogens with zero attached hydrogens (tertiary/aromatic N) is 1. The van der Waals surface area contributed by atoms with E-state index in [9.17, 15) is 10.1 Å². The number of benzene rings is 1. The molecule has 0 fully saturated rings. The number of unbranched alkanes of at least 4 members (excludes halogenated alkanes) is 2. The fourth-order valence-corrected chi connectivity index (χ4v) is 2.41. The Balaban J connectivity index is 2.17. The van der Waals surface area contributed by atoms with Gasteiger partial charge in [0.15, 0.2) is 0 Å². The lowest BCUT2D eigenvalue weighted by Crippen LogP contribution is -2.18. The van der Waals surface area contributed by atoms with Crippen molar-refractivity contribution < 1.29 is 4.92 Å². The molecule has 1 N–H and O–H groups in total. The van der Waals surface area contributed by atoms with Crippen molar-refractivity contribution in [2.75, 3.05) is 25.1 Å². The van der Waals surface area contributed by atoms with Gasteiger partial charge in [-0.2, -0.15) is 11.8 Å². The summed E-state index contributed by atoms with van der Waals surface area (Å²) in [7, 11) is 0. The van der Waals surface area contributed by atoms with Gasteiger partial charge in [-0.25, -0.2) is 0 Å². The maximum Gasteiger partial charge on any atom is 0.272 e. The summed E-state index contributed by atoms with van der Waals surface area (Å²) >= 11 is 1.89. The second-order valence-electron chi connectivity index (χ2n) is 4.44. The SMILES string of the molecule is CSCCCCCNCCc1ccccc1[N+](=O)[O-]. The van der Waals surface area contributed by atoms with Crippen molar-refractivity contribution in [1.29, 1.82) is 0 Å². The Labute approximate surface area is 119 Å². The summed E-state index contributed by atoms with van der Waals surface area (Å²) in [5.41, 5.74) is 1.03. The quantitative estimate of drug-likeness (QED) is 0.406. The fourth-order valence-electron chi connectivity index (χ4n) is 1.92. The van der Waals surface area contributed by atoms with E-state index in [1.54, 1.807) is 12.1 Å². The highest BCUT2D eigenvalue weighted by atomic mass is 32.2. The van der Waals surface area contributed by atoms with Crippen LogP contribution in [0.2, 0.25) is 0 Å². The predicted molar refractivity (Wildman–Crippen MR) is 81.9 cm³/mol. The molecule has 19 heavy (non-hydrogen) atoms. The lowest BCUT2D eigenvalue weighted by atomic mass is 10.1. The molecule has 0 aromatic heterocycles. The summed E-state index contributed by atoms with van der Waals surface area (Å²) in [6.07, 6.45) is 6.54. The lowest BCUT2D eigenvalue weighted by molar-refractivity contribution is -0.385. The molecule has 5 heteroatoms. The van der Waals surface area contributed by atoms with Gasteiger partial charge in [0.05, 0.1) is 4.92 Å². The number of hydrogen-bond acceptors (Lipinski definition) is 4. The van der Waals surface area contributed by atoms with Crippen molar-refractivity contribution >= 4 is 17.4 Å². The topological polar surface area (TPSA) is 55.2 Å². The fraction of sp³-hybridized carbons (Fsp3) is 0.571. The van der Waals surface area contributed by atoms with Crippen LogP contribution in [0.5, 0.6) is 0 Å². The normalized spacial score (nSPS) is 10.6. The third kappa shape index (κ3) is 6.59. The zero-order chi connectivity index (χ0) is 13.9. The van der Waals surface area contributed by atoms with Crippen molar-refractivity contribution in [3.05, 3.63) is 39.9 Å². The molecule has 4 nitrogen and oxygen atoms in total. The summed E-state index contributed by atoms with van der Waals surface area (Å²) in [4.78, 5) is 10.5. The van der Waals surface area contributed by atoms with E-state index in [1.165, 1.54) is 25.0 Å². The molecule has 1 aromatic rings. The zero-order valence-corrected chi connectivity index (χ0v) is 12.2. The van der Waals surface area contributed by atoms with Crippen molar-refractivity contribution in [3.63, 3.8) is 0 Å². The number of nitrogens with one attached hydrogen (secondary N) is 1. The molecular formula is C14H22N2O2S. The number of nitro groups is 1. The van der Waals surface area contributed by atoms with E-state index < -0.39 is 0 Å². The first kappa shape index (κ1) is 16.0. The molecule has 0 aliphatic rings. The standard InChI is InChI=1S/C14H22N2O2S/c1-19-12-6-2-5-10-15-11-9-13-7-3-4-8-14(13)16(17)18/h3-4,7-8,15H,2,5-6,9-12H2,1H3. The molecule has 0 unspecified atom stereocenters. The molecule has 0 bridgehead atoms. The van der Waals surface area contributed by atoms with Gasteiger partial charge in [-0.1, -0.05) is 24.6 Å². The van der Waals surface area contributed by atoms with E-state index in [0.717, 1.165) is 18.7 Å². The summed E-state index contributed by atoms with van der Waals surface area (Å²) in [6.45, 7) is 1.79. The Kier molecular flexibility index (Phi) is 8.25. The number of thioether (sulfide) groups is 1. The van der Waals surface area contributed by atoms with Crippen LogP contribution < -0.4 is 5.32 Å². The van der Waals surface area contributed by atoms with Crippen LogP contribution in [0.3, 0.4) is 0 Å². The molecular weight excluding hydrogens is 260 g/mol. The Bertz CT molecular complexity index is 385. The van der Waals surface area contributed by atoms with Gasteiger partial charge in [0.25, 0.3) is 5.69 Å². The average Bonchev–Trinajstić information content (AvgIpc) is 2.42. The van der Waals surface area contributed by atoms with Crippen LogP contribution in [0, 0.1) is 10.1 Å². The summed E-state index contributed by atoms with van der Waals surface area (Å²) in [5, 5.41) is 14.2. The van der Waals surface area contributed by atoms with Gasteiger partial charge in [-0.05, 0) is 44.4 Å². The minimum absolute atomic E-state index is 0.226. The van der Waals surface area contributed by atoms with Crippen LogP contribution in [0.15, 0.2) is 24.3 Å². The van der Waals surface area contributed by atoms with Crippen molar-refractivity contribution in [1.82, 2.24) is 5.32 Å². The van der Waals surface area contributed by atoms with Crippen LogP contribution >= 0.6 is 11.8 Å². The Morgan fingerprint density at radius 1 is 1.21 bits per heavy atom. The molecule has 1 rings (SSSR count). The van der Waals surface area contributed by atoms with Gasteiger partial charge in [0, 0.05) is 11.6 Å². The molecule has 0 saturated carbocycles. The molecule has 0 aliphatic heterocycles. The first-order chi connectivity index (χ1) is 9.25. The molecule has 0 amide bonds. The van der Waals surface area contributed by atoms with Crippen LogP contribution in [-0.4, -0.2) is 30.0 Å². The minimum atomic E-state index is -0.308. The Hall–Kier alpha value is -1.07. The first-order valence-electron chi connectivity index (χ1n) is 6.67. The number of rotatable bonds is 10. The minimum Gasteiger partial charge on any atom is -0.316 e. The van der Waals surface area contributed by atoms with Gasteiger partial charge < -0.3 is 5.32 Å². The average molecular weight is 282 g/mol. The highest BCUT2D eigenvalue weighted by Gasteiger charge is 2.10. The van der Waals surface area contributed by atoms with Gasteiger partial charge in [0.1, 0.15) is 0 Å². The maximum atomic E-state index is 10.8. The first-order valence-corrected chi connectivity index (χ1v) is 8.07. The second kappa shape index (κ2) is 9.81. The van der Waals surface area contributed by atoms with Crippen LogP contribution in [-0.2, 0) is 6.42 Å². The highest BCUT2D eigenvalue weighted by Crippen LogP contribution is 2.17. The third-order valence-corrected chi connectivity index (χ3v) is 3.66. The van der Waals surface area contributed by atoms with E-state index >= 15 is 0 Å². The van der Waals surface area contributed by atoms with Gasteiger partial charge in [-0.3, -0.25) is 10.1 Å². The summed E-state index contributed by atoms with van der Waals surface area (Å²) in [6, 6.07) is 6.96. The van der Waals surface area contributed by atoms with Crippen LogP contribution in [0.4, 0.5) is 5.69 Å². The smallest absolute Gasteiger partial charge is 0.272 e. The molecule has 0 aliphatic carbocycles. The number of hydrogen-bond donors (Lipinski definition) is 1. The van der Waals surface area contributed by atoms with Crippen molar-refractivity contribution in [3.8, 4) is 0 Å². The molecule has 1 aromatic carbocycles. The van der Waals surface area contributed by atoms with E-state index in [0.29, 0.717) is 6.42 Å². The van der Waals surface area contributed by atoms with Crippen LogP contribution in [0.25, 0.3) is 0 Å². The summed E-state index contributed by atoms with van der Waals surface area (Å²) < 4.78 is 0. The maximum absolute atomic E-state index is 10.8. The van der Waals surface area contributed by atoms with Gasteiger partial charge in [0.2, 0.25) is 0 Å². The lowest BCUT2D eigenvalue weighted by Gasteiger charge is -2.05. The van der Waals surface area contributed by atoms with Crippen molar-refractivity contribution in [2.45, 2.75) is 25.7 Å². The monoisotopic (exact) mass is 282 g/mol. The molecule has 0 heterocycles. The third-order valence-electron chi connectivity index (χ3n) is 2.96. The van der Waals surface area contributed by atoms with E-state index in [-0.39, 0.29) is 10.6 Å². The highest BCUT2D eigenvalue weighted by molar-refractivity contribution is 7.98. The van der Waals surface area contributed by atoms with E-state index in [4.69, 9.17) is 0 Å². The Morgan fingerprint density at radius 3 is 2.74 bits per heavy atom. The Morgan fingerprint density at radius 2 is 2.00 bits per heavy atom. The molecule has 0 spiro atoms. The van der Waals surface area contributed by atoms with E-state index in [2.05, 4.69) is 11.6 Å². The predicted octanol–water partition coefficient (Wildman–Crippen LogP) is 3.26. The van der Waals surface area contributed by atoms with Crippen molar-refractivity contribution in [2.24, 2.45) is 0 Å². The van der Waals surface area contributed by atoms with Gasteiger partial charge in [-0.15, -0.1) is 0 Å². The van der Waals surface area contributed by atoms with E-state index in [1.807, 2.05) is 23.9 Å². The number of nitro benzene ring substituents is 1.